The minimum absolute atomic E-state index is 0.0126. The summed E-state index contributed by atoms with van der Waals surface area (Å²) in [5.74, 6) is -0.571. The van der Waals surface area contributed by atoms with Crippen LogP contribution in [0.25, 0.3) is 0 Å². The van der Waals surface area contributed by atoms with Crippen molar-refractivity contribution in [1.82, 2.24) is 0 Å². The van der Waals surface area contributed by atoms with Gasteiger partial charge in [0.25, 0.3) is 0 Å². The first kappa shape index (κ1) is 40.9. The maximum absolute atomic E-state index is 13.1. The number of aliphatic hydroxyl groups excluding tert-OH is 7. The Morgan fingerprint density at radius 3 is 2.19 bits per heavy atom. The van der Waals surface area contributed by atoms with Crippen molar-refractivity contribution in [1.29, 1.82) is 0 Å². The highest BCUT2D eigenvalue weighted by molar-refractivity contribution is 5.77. The molecule has 4 saturated carbocycles. The van der Waals surface area contributed by atoms with E-state index in [-0.39, 0.29) is 57.5 Å². The highest BCUT2D eigenvalue weighted by atomic mass is 16.8. The summed E-state index contributed by atoms with van der Waals surface area (Å²) in [7, 11) is 0. The van der Waals surface area contributed by atoms with Gasteiger partial charge in [0.05, 0.1) is 25.4 Å². The van der Waals surface area contributed by atoms with Gasteiger partial charge in [0.2, 0.25) is 0 Å². The molecule has 7 aliphatic rings. The van der Waals surface area contributed by atoms with Crippen LogP contribution < -0.4 is 0 Å². The summed E-state index contributed by atoms with van der Waals surface area (Å²) in [4.78, 5) is 13.1. The van der Waals surface area contributed by atoms with Crippen molar-refractivity contribution in [2.75, 3.05) is 13.2 Å². The molecule has 5 aliphatic carbocycles. The predicted octanol–water partition coefficient (Wildman–Crippen LogP) is 2.49. The Morgan fingerprint density at radius 1 is 0.815 bits per heavy atom. The summed E-state index contributed by atoms with van der Waals surface area (Å²) < 4.78 is 24.2. The second kappa shape index (κ2) is 13.7. The molecular formula is C41H66O13. The van der Waals surface area contributed by atoms with E-state index >= 15 is 0 Å². The van der Waals surface area contributed by atoms with Crippen molar-refractivity contribution in [3.8, 4) is 0 Å². The maximum Gasteiger partial charge on any atom is 0.312 e. The number of hydrogen-bond acceptors (Lipinski definition) is 12. The number of hydrogen-bond donors (Lipinski definition) is 8. The average Bonchev–Trinajstić information content (AvgIpc) is 3.09. The van der Waals surface area contributed by atoms with Gasteiger partial charge in [-0.3, -0.25) is 4.79 Å². The van der Waals surface area contributed by atoms with Gasteiger partial charge in [-0.05, 0) is 103 Å². The quantitative estimate of drug-likeness (QED) is 0.144. The number of carbonyl (C=O) groups is 1. The van der Waals surface area contributed by atoms with Gasteiger partial charge < -0.3 is 59.8 Å². The van der Waals surface area contributed by atoms with Crippen LogP contribution in [-0.2, 0) is 23.7 Å². The summed E-state index contributed by atoms with van der Waals surface area (Å²) in [5, 5.41) is 85.3. The first-order valence-electron chi connectivity index (χ1n) is 20.3. The molecule has 54 heavy (non-hydrogen) atoms. The SMILES string of the molecule is CC1(C)CC[C@]2(C(=O)O)[C@H](O)C[C@]3(C)C(=CC[C@@H]4[C@@]5(C)CC[C@H](O[C@@H]6OC[C@H](O)[C@H](O)[C@H]6O[C@@H]6O[C@H](CO)[C@@H](O)[C@H](O)[C@H]6O)C(C)(C)[C@@H]5CC[C@]43C)[C@@H]2C1. The molecule has 2 heterocycles. The summed E-state index contributed by atoms with van der Waals surface area (Å²) in [6.07, 6.45) is -5.25. The molecular weight excluding hydrogens is 700 g/mol. The third-order valence-electron chi connectivity index (χ3n) is 16.9. The van der Waals surface area contributed by atoms with E-state index in [1.807, 2.05) is 0 Å². The van der Waals surface area contributed by atoms with Gasteiger partial charge in [0.1, 0.15) is 48.1 Å². The normalized spacial score (nSPS) is 53.9. The molecule has 0 aromatic heterocycles. The zero-order valence-corrected chi connectivity index (χ0v) is 33.1. The average molecular weight is 767 g/mol. The van der Waals surface area contributed by atoms with Crippen molar-refractivity contribution >= 4 is 5.97 Å². The van der Waals surface area contributed by atoms with Gasteiger partial charge in [-0.1, -0.05) is 60.1 Å². The minimum Gasteiger partial charge on any atom is -0.481 e. The summed E-state index contributed by atoms with van der Waals surface area (Å²) >= 11 is 0. The summed E-state index contributed by atoms with van der Waals surface area (Å²) in [6, 6.07) is 0. The van der Waals surface area contributed by atoms with Gasteiger partial charge in [-0.2, -0.15) is 0 Å². The highest BCUT2D eigenvalue weighted by Gasteiger charge is 2.71. The number of aliphatic hydroxyl groups is 7. The third kappa shape index (κ3) is 5.84. The molecule has 308 valence electrons. The monoisotopic (exact) mass is 766 g/mol. The lowest BCUT2D eigenvalue weighted by Crippen LogP contribution is -2.68. The van der Waals surface area contributed by atoms with Crippen molar-refractivity contribution < 1.29 is 64.6 Å². The van der Waals surface area contributed by atoms with Crippen LogP contribution >= 0.6 is 0 Å². The molecule has 7 rings (SSSR count). The lowest BCUT2D eigenvalue weighted by Gasteiger charge is -2.71. The van der Waals surface area contributed by atoms with E-state index in [2.05, 4.69) is 54.5 Å². The largest absolute Gasteiger partial charge is 0.481 e. The van der Waals surface area contributed by atoms with Gasteiger partial charge in [0.15, 0.2) is 12.6 Å². The number of ether oxygens (including phenoxy) is 4. The minimum atomic E-state index is -1.71. The van der Waals surface area contributed by atoms with Crippen LogP contribution in [0.3, 0.4) is 0 Å². The second-order valence-corrected chi connectivity index (χ2v) is 20.3. The lowest BCUT2D eigenvalue weighted by molar-refractivity contribution is -0.367. The van der Waals surface area contributed by atoms with E-state index < -0.39 is 79.4 Å². The Hall–Kier alpha value is -1.23. The zero-order chi connectivity index (χ0) is 39.6. The molecule has 13 nitrogen and oxygen atoms in total. The maximum atomic E-state index is 13.1. The van der Waals surface area contributed by atoms with Crippen LogP contribution in [0, 0.1) is 50.2 Å². The summed E-state index contributed by atoms with van der Waals surface area (Å²) in [6.45, 7) is 15.1. The molecule has 2 aliphatic heterocycles. The standard InChI is InChI=1S/C41H66O13/c1-36(2)14-15-41(35(49)50)21(16-36)20-8-9-25-38(5)12-11-27(37(3,4)24(38)10-13-39(25,6)40(20,7)17-26(41)44)53-34-32(28(45)22(43)19-51-34)54-33-31(48)30(47)29(46)23(18-42)52-33/h8,21-34,42-48H,9-19H2,1-7H3,(H,49,50)/t21-,22-,23+,24-,25+,26+,27-,28-,29+,30-,31+,32+,33-,34-,38-,39+,40+,41+/m0/s1. The van der Waals surface area contributed by atoms with E-state index in [0.29, 0.717) is 19.3 Å². The Labute approximate surface area is 319 Å². The molecule has 0 unspecified atom stereocenters. The number of fused-ring (bicyclic) bond motifs is 7. The number of carboxylic acids is 1. The van der Waals surface area contributed by atoms with E-state index in [9.17, 15) is 45.6 Å². The van der Waals surface area contributed by atoms with Gasteiger partial charge in [-0.15, -0.1) is 0 Å². The molecule has 13 heteroatoms. The lowest BCUT2D eigenvalue weighted by atomic mass is 9.33. The number of rotatable bonds is 6. The van der Waals surface area contributed by atoms with Crippen molar-refractivity contribution in [2.45, 2.75) is 174 Å². The number of carboxylic acid groups (broad SMARTS) is 1. The van der Waals surface area contributed by atoms with Crippen molar-refractivity contribution in [3.05, 3.63) is 11.6 Å². The van der Waals surface area contributed by atoms with Crippen LogP contribution in [0.4, 0.5) is 0 Å². The zero-order valence-electron chi connectivity index (χ0n) is 33.1. The van der Waals surface area contributed by atoms with Gasteiger partial charge >= 0.3 is 5.97 Å². The smallest absolute Gasteiger partial charge is 0.312 e. The second-order valence-electron chi connectivity index (χ2n) is 20.3. The van der Waals surface area contributed by atoms with Crippen LogP contribution in [-0.4, -0.2) is 128 Å². The third-order valence-corrected chi connectivity index (χ3v) is 16.9. The van der Waals surface area contributed by atoms with E-state index in [1.54, 1.807) is 0 Å². The van der Waals surface area contributed by atoms with Gasteiger partial charge in [-0.25, -0.2) is 0 Å². The molecule has 0 amide bonds. The fourth-order valence-corrected chi connectivity index (χ4v) is 13.5. The van der Waals surface area contributed by atoms with Gasteiger partial charge in [0, 0.05) is 0 Å². The molecule has 0 radical (unpaired) electrons. The molecule has 2 saturated heterocycles. The van der Waals surface area contributed by atoms with Crippen LogP contribution in [0.15, 0.2) is 11.6 Å². The molecule has 0 bridgehead atoms. The Balaban J connectivity index is 1.14. The van der Waals surface area contributed by atoms with Crippen LogP contribution in [0.1, 0.15) is 106 Å². The fourth-order valence-electron chi connectivity index (χ4n) is 13.5. The van der Waals surface area contributed by atoms with E-state index in [0.717, 1.165) is 38.5 Å². The first-order chi connectivity index (χ1) is 25.1. The molecule has 18 atom stereocenters. The number of aliphatic carboxylic acids is 1. The van der Waals surface area contributed by atoms with Crippen LogP contribution in [0.2, 0.25) is 0 Å². The van der Waals surface area contributed by atoms with E-state index in [1.165, 1.54) is 5.57 Å². The molecule has 0 aromatic rings. The van der Waals surface area contributed by atoms with Crippen molar-refractivity contribution in [3.63, 3.8) is 0 Å². The first-order valence-corrected chi connectivity index (χ1v) is 20.3. The van der Waals surface area contributed by atoms with Crippen molar-refractivity contribution in [2.24, 2.45) is 50.2 Å². The predicted molar refractivity (Wildman–Crippen MR) is 193 cm³/mol. The van der Waals surface area contributed by atoms with E-state index in [4.69, 9.17) is 18.9 Å². The van der Waals surface area contributed by atoms with Crippen LogP contribution in [0.5, 0.6) is 0 Å². The molecule has 6 fully saturated rings. The molecule has 0 aromatic carbocycles. The molecule has 0 spiro atoms. The fraction of sp³-hybridized carbons (Fsp3) is 0.927. The highest BCUT2D eigenvalue weighted by Crippen LogP contribution is 2.76. The topological polar surface area (TPSA) is 216 Å². The Morgan fingerprint density at radius 2 is 1.52 bits per heavy atom. The Bertz CT molecular complexity index is 1470. The molecule has 8 N–H and O–H groups in total. The Kier molecular flexibility index (Phi) is 10.4. The summed E-state index contributed by atoms with van der Waals surface area (Å²) in [5.41, 5.74) is -0.931. The number of allylic oxidation sites excluding steroid dienone is 2.